The van der Waals surface area contributed by atoms with Crippen molar-refractivity contribution < 1.29 is 14.7 Å². The van der Waals surface area contributed by atoms with Crippen LogP contribution in [-0.2, 0) is 4.79 Å². The molecule has 4 unspecified atom stereocenters. The third-order valence-corrected chi connectivity index (χ3v) is 6.17. The molecular weight excluding hydrogens is 288 g/mol. The Bertz CT molecular complexity index is 431. The van der Waals surface area contributed by atoms with Gasteiger partial charge in [-0.1, -0.05) is 13.8 Å². The van der Waals surface area contributed by atoms with Crippen molar-refractivity contribution in [1.29, 1.82) is 0 Å². The van der Waals surface area contributed by atoms with Gasteiger partial charge in [-0.25, -0.2) is 9.59 Å². The predicted octanol–water partition coefficient (Wildman–Crippen LogP) is 2.32. The maximum atomic E-state index is 12.9. The summed E-state index contributed by atoms with van der Waals surface area (Å²) in [7, 11) is 0. The van der Waals surface area contributed by atoms with Gasteiger partial charge >= 0.3 is 12.0 Å². The minimum Gasteiger partial charge on any atom is -0.480 e. The largest absolute Gasteiger partial charge is 0.480 e. The average Bonchev–Trinajstić information content (AvgIpc) is 3.15. The molecule has 21 heavy (non-hydrogen) atoms. The first-order valence-corrected chi connectivity index (χ1v) is 8.94. The fraction of sp³-hybridized carbons (Fsp3) is 0.867. The number of nitrogens with zero attached hydrogens (tertiary/aromatic N) is 2. The number of urea groups is 1. The molecule has 1 aliphatic carbocycles. The quantitative estimate of drug-likeness (QED) is 0.850. The van der Waals surface area contributed by atoms with E-state index in [1.807, 2.05) is 4.90 Å². The molecule has 3 fully saturated rings. The summed E-state index contributed by atoms with van der Waals surface area (Å²) in [5, 5.41) is 9.50. The third kappa shape index (κ3) is 3.00. The standard InChI is InChI=1S/C15H24N2O3S/c1-9-5-10(2)7-16(6-9)15(20)17-12(14(18)19)8-21-13(17)11-3-4-11/h9-13H,3-8H2,1-2H3,(H,18,19). The number of likely N-dealkylation sites (tertiary alicyclic amines) is 1. The van der Waals surface area contributed by atoms with Gasteiger partial charge in [0.05, 0.1) is 5.37 Å². The highest BCUT2D eigenvalue weighted by Crippen LogP contribution is 2.46. The van der Waals surface area contributed by atoms with Crippen molar-refractivity contribution in [2.24, 2.45) is 17.8 Å². The zero-order valence-electron chi connectivity index (χ0n) is 12.7. The van der Waals surface area contributed by atoms with Gasteiger partial charge in [-0.2, -0.15) is 0 Å². The number of carbonyl (C=O) groups excluding carboxylic acids is 1. The number of carbonyl (C=O) groups is 2. The fourth-order valence-corrected chi connectivity index (χ4v) is 5.31. The molecule has 1 N–H and O–H groups in total. The summed E-state index contributed by atoms with van der Waals surface area (Å²) in [5.41, 5.74) is 0. The Hall–Kier alpha value is -0.910. The molecule has 3 aliphatic rings. The van der Waals surface area contributed by atoms with Crippen LogP contribution in [0.15, 0.2) is 0 Å². The number of carboxylic acid groups (broad SMARTS) is 1. The van der Waals surface area contributed by atoms with Crippen LogP contribution >= 0.6 is 11.8 Å². The average molecular weight is 312 g/mol. The maximum absolute atomic E-state index is 12.9. The summed E-state index contributed by atoms with van der Waals surface area (Å²) < 4.78 is 0. The first-order valence-electron chi connectivity index (χ1n) is 7.89. The first kappa shape index (κ1) is 15.0. The molecule has 118 valence electrons. The number of hydrogen-bond acceptors (Lipinski definition) is 3. The van der Waals surface area contributed by atoms with Gasteiger partial charge in [0.2, 0.25) is 0 Å². The molecule has 1 saturated carbocycles. The zero-order chi connectivity index (χ0) is 15.1. The van der Waals surface area contributed by atoms with Crippen LogP contribution in [0.5, 0.6) is 0 Å². The second-order valence-electron chi connectivity index (χ2n) is 6.96. The number of hydrogen-bond donors (Lipinski definition) is 1. The minimum absolute atomic E-state index is 0.0531. The topological polar surface area (TPSA) is 60.9 Å². The van der Waals surface area contributed by atoms with E-state index in [0.29, 0.717) is 23.5 Å². The fourth-order valence-electron chi connectivity index (χ4n) is 3.69. The minimum atomic E-state index is -0.864. The zero-order valence-corrected chi connectivity index (χ0v) is 13.5. The molecule has 4 atom stereocenters. The Kier molecular flexibility index (Phi) is 4.08. The molecule has 0 radical (unpaired) electrons. The molecule has 2 heterocycles. The molecule has 0 aromatic carbocycles. The normalized spacial score (nSPS) is 36.9. The lowest BCUT2D eigenvalue weighted by Crippen LogP contribution is -2.55. The van der Waals surface area contributed by atoms with E-state index in [1.54, 1.807) is 16.7 Å². The highest BCUT2D eigenvalue weighted by Gasteiger charge is 2.49. The van der Waals surface area contributed by atoms with Gasteiger partial charge in [0, 0.05) is 18.8 Å². The van der Waals surface area contributed by atoms with Crippen LogP contribution in [0.3, 0.4) is 0 Å². The summed E-state index contributed by atoms with van der Waals surface area (Å²) in [6, 6.07) is -0.705. The number of amides is 2. The van der Waals surface area contributed by atoms with E-state index in [1.165, 1.54) is 0 Å². The lowest BCUT2D eigenvalue weighted by Gasteiger charge is -2.39. The molecule has 2 aliphatic heterocycles. The third-order valence-electron chi connectivity index (χ3n) is 4.71. The number of aliphatic carboxylic acids is 1. The Labute approximate surface area is 130 Å². The van der Waals surface area contributed by atoms with E-state index in [9.17, 15) is 14.7 Å². The van der Waals surface area contributed by atoms with Gasteiger partial charge in [-0.15, -0.1) is 11.8 Å². The van der Waals surface area contributed by atoms with Crippen molar-refractivity contribution in [3.63, 3.8) is 0 Å². The molecule has 0 spiro atoms. The highest BCUT2D eigenvalue weighted by molar-refractivity contribution is 8.00. The van der Waals surface area contributed by atoms with Crippen molar-refractivity contribution in [1.82, 2.24) is 9.80 Å². The van der Waals surface area contributed by atoms with E-state index in [0.717, 1.165) is 32.4 Å². The van der Waals surface area contributed by atoms with Crippen LogP contribution in [0.4, 0.5) is 4.79 Å². The van der Waals surface area contributed by atoms with Crippen LogP contribution in [0.1, 0.15) is 33.1 Å². The Morgan fingerprint density at radius 1 is 1.14 bits per heavy atom. The summed E-state index contributed by atoms with van der Waals surface area (Å²) in [6.07, 6.45) is 3.40. The summed E-state index contributed by atoms with van der Waals surface area (Å²) in [5.74, 6) is 1.16. The second kappa shape index (κ2) is 5.71. The lowest BCUT2D eigenvalue weighted by atomic mass is 9.92. The number of carboxylic acids is 1. The van der Waals surface area contributed by atoms with Crippen molar-refractivity contribution in [2.45, 2.75) is 44.5 Å². The van der Waals surface area contributed by atoms with Gasteiger partial charge in [0.15, 0.2) is 0 Å². The Balaban J connectivity index is 1.77. The Morgan fingerprint density at radius 3 is 2.29 bits per heavy atom. The molecule has 2 saturated heterocycles. The predicted molar refractivity (Wildman–Crippen MR) is 82.1 cm³/mol. The number of thioether (sulfide) groups is 1. The van der Waals surface area contributed by atoms with E-state index in [-0.39, 0.29) is 11.4 Å². The molecule has 0 aromatic heterocycles. The smallest absolute Gasteiger partial charge is 0.327 e. The first-order chi connectivity index (χ1) is 9.97. The van der Waals surface area contributed by atoms with Gasteiger partial charge in [-0.3, -0.25) is 4.90 Å². The SMILES string of the molecule is CC1CC(C)CN(C(=O)N2C(C(=O)O)CSC2C2CC2)C1. The Morgan fingerprint density at radius 2 is 1.76 bits per heavy atom. The number of rotatable bonds is 2. The summed E-state index contributed by atoms with van der Waals surface area (Å²) in [6.45, 7) is 5.85. The van der Waals surface area contributed by atoms with Crippen molar-refractivity contribution in [3.05, 3.63) is 0 Å². The monoisotopic (exact) mass is 312 g/mol. The van der Waals surface area contributed by atoms with E-state index < -0.39 is 12.0 Å². The van der Waals surface area contributed by atoms with Crippen LogP contribution in [0, 0.1) is 17.8 Å². The van der Waals surface area contributed by atoms with E-state index in [2.05, 4.69) is 13.8 Å². The summed E-state index contributed by atoms with van der Waals surface area (Å²) >= 11 is 1.65. The van der Waals surface area contributed by atoms with Crippen LogP contribution < -0.4 is 0 Å². The van der Waals surface area contributed by atoms with Crippen LogP contribution in [0.2, 0.25) is 0 Å². The second-order valence-corrected chi connectivity index (χ2v) is 8.11. The summed E-state index contributed by atoms with van der Waals surface area (Å²) in [4.78, 5) is 28.0. The van der Waals surface area contributed by atoms with Gasteiger partial charge < -0.3 is 10.0 Å². The molecule has 2 amide bonds. The molecule has 0 bridgehead atoms. The van der Waals surface area contributed by atoms with Crippen LogP contribution in [-0.4, -0.2) is 57.2 Å². The molecule has 5 nitrogen and oxygen atoms in total. The number of piperidine rings is 1. The highest BCUT2D eigenvalue weighted by atomic mass is 32.2. The van der Waals surface area contributed by atoms with Crippen molar-refractivity contribution in [2.75, 3.05) is 18.8 Å². The molecular formula is C15H24N2O3S. The van der Waals surface area contributed by atoms with Gasteiger partial charge in [-0.05, 0) is 37.0 Å². The van der Waals surface area contributed by atoms with Gasteiger partial charge in [0.25, 0.3) is 0 Å². The van der Waals surface area contributed by atoms with Crippen LogP contribution in [0.25, 0.3) is 0 Å². The van der Waals surface area contributed by atoms with Crippen molar-refractivity contribution in [3.8, 4) is 0 Å². The maximum Gasteiger partial charge on any atom is 0.327 e. The molecule has 0 aromatic rings. The van der Waals surface area contributed by atoms with Crippen molar-refractivity contribution >= 4 is 23.8 Å². The van der Waals surface area contributed by atoms with Gasteiger partial charge in [0.1, 0.15) is 6.04 Å². The molecule has 6 heteroatoms. The van der Waals surface area contributed by atoms with E-state index in [4.69, 9.17) is 0 Å². The van der Waals surface area contributed by atoms with E-state index >= 15 is 0 Å². The molecule has 3 rings (SSSR count). The lowest BCUT2D eigenvalue weighted by molar-refractivity contribution is -0.141.